The number of para-hydroxylation sites is 1. The van der Waals surface area contributed by atoms with E-state index in [4.69, 9.17) is 4.74 Å². The molecule has 0 aliphatic rings. The lowest BCUT2D eigenvalue weighted by Gasteiger charge is -2.08. The number of rotatable bonds is 3. The molecule has 2 aromatic carbocycles. The van der Waals surface area contributed by atoms with Crippen LogP contribution in [0.5, 0.6) is 5.75 Å². The second-order valence-corrected chi connectivity index (χ2v) is 5.45. The van der Waals surface area contributed by atoms with Gasteiger partial charge in [0.05, 0.1) is 18.2 Å². The Morgan fingerprint density at radius 2 is 2.09 bits per heavy atom. The van der Waals surface area contributed by atoms with Crippen molar-refractivity contribution in [2.75, 3.05) is 7.11 Å². The van der Waals surface area contributed by atoms with Crippen molar-refractivity contribution in [3.05, 3.63) is 59.7 Å². The monoisotopic (exact) mass is 307 g/mol. The predicted octanol–water partition coefficient (Wildman–Crippen LogP) is 4.40. The highest BCUT2D eigenvalue weighted by molar-refractivity contribution is 6.16. The number of benzene rings is 2. The van der Waals surface area contributed by atoms with E-state index < -0.39 is 5.97 Å². The third-order valence-corrected chi connectivity index (χ3v) is 3.74. The van der Waals surface area contributed by atoms with Gasteiger partial charge in [-0.1, -0.05) is 42.5 Å². The molecular formula is C19H17NO3. The lowest BCUT2D eigenvalue weighted by molar-refractivity contribution is 0.0600. The molecule has 3 aromatic rings. The van der Waals surface area contributed by atoms with Crippen LogP contribution in [-0.2, 0) is 4.74 Å². The van der Waals surface area contributed by atoms with E-state index in [9.17, 15) is 9.90 Å². The number of aromatic nitrogens is 1. The number of allylic oxidation sites excluding steroid dienone is 2. The van der Waals surface area contributed by atoms with Crippen molar-refractivity contribution in [1.29, 1.82) is 0 Å². The number of carbonyl (C=O) groups is 1. The standard InChI is InChI=1S/C19H17NO3/c1-11(2)8-9-12-14(19(22)23-3)10-16(21)18-17(12)13-6-4-5-7-15(13)20-18/h4-10,20-21H,1H2,2-3H3/b9-8+. The number of hydrogen-bond acceptors (Lipinski definition) is 3. The number of aromatic hydroxyl groups is 1. The number of hydrogen-bond donors (Lipinski definition) is 2. The highest BCUT2D eigenvalue weighted by Crippen LogP contribution is 2.37. The van der Waals surface area contributed by atoms with E-state index in [0.29, 0.717) is 16.6 Å². The molecule has 1 aromatic heterocycles. The molecule has 2 N–H and O–H groups in total. The molecule has 4 nitrogen and oxygen atoms in total. The first kappa shape index (κ1) is 14.9. The van der Waals surface area contributed by atoms with Crippen LogP contribution in [0.15, 0.2) is 48.6 Å². The Labute approximate surface area is 133 Å². The molecule has 0 atom stereocenters. The van der Waals surface area contributed by atoms with E-state index in [1.165, 1.54) is 13.2 Å². The number of carbonyl (C=O) groups excluding carboxylic acids is 1. The average Bonchev–Trinajstić information content (AvgIpc) is 2.93. The molecule has 0 aliphatic carbocycles. The van der Waals surface area contributed by atoms with E-state index in [0.717, 1.165) is 21.9 Å². The molecule has 0 amide bonds. The Bertz CT molecular complexity index is 964. The summed E-state index contributed by atoms with van der Waals surface area (Å²) >= 11 is 0. The van der Waals surface area contributed by atoms with Crippen molar-refractivity contribution in [1.82, 2.24) is 4.98 Å². The van der Waals surface area contributed by atoms with E-state index in [-0.39, 0.29) is 5.75 Å². The maximum atomic E-state index is 12.1. The molecule has 23 heavy (non-hydrogen) atoms. The second-order valence-electron chi connectivity index (χ2n) is 5.45. The highest BCUT2D eigenvalue weighted by Gasteiger charge is 2.19. The second kappa shape index (κ2) is 5.65. The van der Waals surface area contributed by atoms with Gasteiger partial charge in [0, 0.05) is 16.3 Å². The van der Waals surface area contributed by atoms with Gasteiger partial charge in [0.2, 0.25) is 0 Å². The van der Waals surface area contributed by atoms with Crippen molar-refractivity contribution in [2.24, 2.45) is 0 Å². The molecule has 0 aliphatic heterocycles. The van der Waals surface area contributed by atoms with Gasteiger partial charge in [-0.25, -0.2) is 4.79 Å². The summed E-state index contributed by atoms with van der Waals surface area (Å²) in [5.41, 5.74) is 3.37. The van der Waals surface area contributed by atoms with Gasteiger partial charge in [0.15, 0.2) is 0 Å². The topological polar surface area (TPSA) is 62.3 Å². The molecule has 0 spiro atoms. The molecule has 0 unspecified atom stereocenters. The molecule has 0 fully saturated rings. The van der Waals surface area contributed by atoms with Crippen LogP contribution in [0, 0.1) is 0 Å². The van der Waals surface area contributed by atoms with Gasteiger partial charge in [-0.3, -0.25) is 0 Å². The van der Waals surface area contributed by atoms with Crippen LogP contribution < -0.4 is 0 Å². The first-order valence-corrected chi connectivity index (χ1v) is 7.21. The van der Waals surface area contributed by atoms with Crippen LogP contribution in [0.25, 0.3) is 27.9 Å². The molecule has 0 bridgehead atoms. The molecule has 116 valence electrons. The zero-order valence-electron chi connectivity index (χ0n) is 13.0. The van der Waals surface area contributed by atoms with Crippen molar-refractivity contribution in [2.45, 2.75) is 6.92 Å². The van der Waals surface area contributed by atoms with Gasteiger partial charge in [-0.15, -0.1) is 0 Å². The minimum Gasteiger partial charge on any atom is -0.506 e. The number of methoxy groups -OCH3 is 1. The minimum atomic E-state index is -0.492. The quantitative estimate of drug-likeness (QED) is 0.557. The number of nitrogens with one attached hydrogen (secondary N) is 1. The summed E-state index contributed by atoms with van der Waals surface area (Å²) in [7, 11) is 1.32. The van der Waals surface area contributed by atoms with Crippen molar-refractivity contribution < 1.29 is 14.6 Å². The number of H-pyrrole nitrogens is 1. The Hall–Kier alpha value is -3.01. The zero-order valence-corrected chi connectivity index (χ0v) is 13.0. The normalized spacial score (nSPS) is 11.4. The van der Waals surface area contributed by atoms with E-state index in [1.54, 1.807) is 0 Å². The Kier molecular flexibility index (Phi) is 3.66. The largest absolute Gasteiger partial charge is 0.506 e. The summed E-state index contributed by atoms with van der Waals surface area (Å²) in [4.78, 5) is 15.3. The first-order valence-electron chi connectivity index (χ1n) is 7.21. The SMILES string of the molecule is C=C(C)/C=C/c1c(C(=O)OC)cc(O)c2[nH]c3ccccc3c12. The smallest absolute Gasteiger partial charge is 0.338 e. The average molecular weight is 307 g/mol. The molecule has 4 heteroatoms. The summed E-state index contributed by atoms with van der Waals surface area (Å²) < 4.78 is 4.86. The number of fused-ring (bicyclic) bond motifs is 3. The van der Waals surface area contributed by atoms with Crippen LogP contribution in [-0.4, -0.2) is 23.2 Å². The Balaban J connectivity index is 2.48. The molecule has 0 saturated carbocycles. The third kappa shape index (κ3) is 2.48. The number of phenols is 1. The maximum absolute atomic E-state index is 12.1. The van der Waals surface area contributed by atoms with Crippen molar-refractivity contribution in [3.8, 4) is 5.75 Å². The lowest BCUT2D eigenvalue weighted by atomic mass is 9.98. The lowest BCUT2D eigenvalue weighted by Crippen LogP contribution is -2.04. The van der Waals surface area contributed by atoms with E-state index in [1.807, 2.05) is 43.3 Å². The summed E-state index contributed by atoms with van der Waals surface area (Å²) in [6.07, 6.45) is 3.66. The van der Waals surface area contributed by atoms with Crippen LogP contribution >= 0.6 is 0 Å². The first-order chi connectivity index (χ1) is 11.0. The minimum absolute atomic E-state index is 0.0177. The van der Waals surface area contributed by atoms with Gasteiger partial charge < -0.3 is 14.8 Å². The van der Waals surface area contributed by atoms with Gasteiger partial charge in [0.25, 0.3) is 0 Å². The summed E-state index contributed by atoms with van der Waals surface area (Å²) in [6.45, 7) is 5.73. The van der Waals surface area contributed by atoms with Crippen molar-refractivity contribution in [3.63, 3.8) is 0 Å². The Morgan fingerprint density at radius 3 is 2.78 bits per heavy atom. The third-order valence-electron chi connectivity index (χ3n) is 3.74. The fourth-order valence-electron chi connectivity index (χ4n) is 2.71. The van der Waals surface area contributed by atoms with E-state index >= 15 is 0 Å². The molecular weight excluding hydrogens is 290 g/mol. The van der Waals surface area contributed by atoms with Gasteiger partial charge in [0.1, 0.15) is 5.75 Å². The van der Waals surface area contributed by atoms with Crippen LogP contribution in [0.4, 0.5) is 0 Å². The summed E-state index contributed by atoms with van der Waals surface area (Å²) in [5.74, 6) is -0.474. The number of esters is 1. The Morgan fingerprint density at radius 1 is 1.35 bits per heavy atom. The maximum Gasteiger partial charge on any atom is 0.338 e. The fraction of sp³-hybridized carbons (Fsp3) is 0.105. The van der Waals surface area contributed by atoms with Crippen LogP contribution in [0.3, 0.4) is 0 Å². The molecule has 0 radical (unpaired) electrons. The van der Waals surface area contributed by atoms with Gasteiger partial charge in [-0.05, 0) is 24.6 Å². The number of aromatic amines is 1. The molecule has 3 rings (SSSR count). The zero-order chi connectivity index (χ0) is 16.6. The van der Waals surface area contributed by atoms with E-state index in [2.05, 4.69) is 11.6 Å². The fourth-order valence-corrected chi connectivity index (χ4v) is 2.71. The number of phenolic OH excluding ortho intramolecular Hbond substituents is 1. The van der Waals surface area contributed by atoms with Crippen LogP contribution in [0.1, 0.15) is 22.8 Å². The van der Waals surface area contributed by atoms with Gasteiger partial charge >= 0.3 is 5.97 Å². The van der Waals surface area contributed by atoms with Gasteiger partial charge in [-0.2, -0.15) is 0 Å². The summed E-state index contributed by atoms with van der Waals surface area (Å²) in [6, 6.07) is 9.15. The predicted molar refractivity (Wildman–Crippen MR) is 92.7 cm³/mol. The van der Waals surface area contributed by atoms with Crippen LogP contribution in [0.2, 0.25) is 0 Å². The van der Waals surface area contributed by atoms with Crippen molar-refractivity contribution >= 4 is 33.9 Å². The highest BCUT2D eigenvalue weighted by atomic mass is 16.5. The number of ether oxygens (including phenoxy) is 1. The summed E-state index contributed by atoms with van der Waals surface area (Å²) in [5, 5.41) is 12.0. The molecule has 1 heterocycles. The molecule has 0 saturated heterocycles.